The molecule has 1 heterocycles. The van der Waals surface area contributed by atoms with Gasteiger partial charge in [0.25, 0.3) is 15.9 Å². The minimum absolute atomic E-state index is 0.0518. The maximum Gasteiger partial charge on any atom is 0.264 e. The Balaban J connectivity index is 1.85. The normalized spacial score (nSPS) is 11.1. The summed E-state index contributed by atoms with van der Waals surface area (Å²) in [6.45, 7) is 0.831. The summed E-state index contributed by atoms with van der Waals surface area (Å²) in [5, 5.41) is 6.44. The number of nitrogens with zero attached hydrogens (tertiary/aromatic N) is 3. The molecule has 3 rings (SSSR count). The number of hydrogen-bond donors (Lipinski definition) is 2. The third-order valence-electron chi connectivity index (χ3n) is 4.50. The zero-order valence-electron chi connectivity index (χ0n) is 18.5. The Morgan fingerprint density at radius 3 is 2.38 bits per heavy atom. The van der Waals surface area contributed by atoms with Crippen LogP contribution in [-0.2, 0) is 19.6 Å². The largest absolute Gasteiger partial charge is 0.497 e. The van der Waals surface area contributed by atoms with Gasteiger partial charge in [0.05, 0.1) is 23.9 Å². The summed E-state index contributed by atoms with van der Waals surface area (Å²) in [6, 6.07) is 15.4. The van der Waals surface area contributed by atoms with Crippen molar-refractivity contribution in [1.29, 1.82) is 0 Å². The molecule has 0 spiro atoms. The van der Waals surface area contributed by atoms with E-state index in [1.54, 1.807) is 36.7 Å². The number of amides is 2. The number of anilines is 2. The molecule has 0 saturated carbocycles. The predicted octanol–water partition coefficient (Wildman–Crippen LogP) is 2.39. The molecule has 2 amide bonds. The molecule has 3 aromatic rings. The predicted molar refractivity (Wildman–Crippen MR) is 128 cm³/mol. The van der Waals surface area contributed by atoms with Crippen LogP contribution in [0, 0.1) is 0 Å². The van der Waals surface area contributed by atoms with Crippen molar-refractivity contribution < 1.29 is 22.7 Å². The molecule has 0 radical (unpaired) electrons. The quantitative estimate of drug-likeness (QED) is 0.357. The summed E-state index contributed by atoms with van der Waals surface area (Å²) in [5.41, 5.74) is 3.71. The van der Waals surface area contributed by atoms with Crippen LogP contribution in [0.1, 0.15) is 12.5 Å². The third-order valence-corrected chi connectivity index (χ3v) is 6.29. The first kappa shape index (κ1) is 24.4. The monoisotopic (exact) mass is 481 g/mol. The number of pyridine rings is 1. The number of carbonyl (C=O) groups is 2. The average molecular weight is 482 g/mol. The number of rotatable bonds is 9. The maximum atomic E-state index is 13.4. The highest BCUT2D eigenvalue weighted by atomic mass is 32.2. The number of benzene rings is 2. The van der Waals surface area contributed by atoms with E-state index >= 15 is 0 Å². The van der Waals surface area contributed by atoms with Crippen LogP contribution in [0.3, 0.4) is 0 Å². The number of methoxy groups -OCH3 is 1. The van der Waals surface area contributed by atoms with E-state index in [1.165, 1.54) is 56.6 Å². The molecule has 1 aromatic heterocycles. The molecule has 0 aliphatic rings. The molecule has 2 aromatic carbocycles. The van der Waals surface area contributed by atoms with E-state index in [2.05, 4.69) is 20.8 Å². The second kappa shape index (κ2) is 11.1. The molecule has 176 valence electrons. The molecule has 0 aliphatic heterocycles. The Kier molecular flexibility index (Phi) is 7.93. The fraction of sp³-hybridized carbons (Fsp3) is 0.130. The van der Waals surface area contributed by atoms with E-state index in [4.69, 9.17) is 4.74 Å². The Hall–Kier alpha value is -4.25. The first-order valence-electron chi connectivity index (χ1n) is 10.1. The Bertz CT molecular complexity index is 1260. The molecule has 0 fully saturated rings. The molecule has 10 nitrogen and oxygen atoms in total. The van der Waals surface area contributed by atoms with Crippen LogP contribution in [0.5, 0.6) is 5.75 Å². The van der Waals surface area contributed by atoms with Crippen molar-refractivity contribution >= 4 is 39.4 Å². The van der Waals surface area contributed by atoms with Gasteiger partial charge in [0.2, 0.25) is 5.91 Å². The molecule has 34 heavy (non-hydrogen) atoms. The van der Waals surface area contributed by atoms with Gasteiger partial charge in [-0.25, -0.2) is 13.8 Å². The average Bonchev–Trinajstić information content (AvgIpc) is 2.83. The molecule has 11 heteroatoms. The van der Waals surface area contributed by atoms with Crippen LogP contribution in [0.2, 0.25) is 0 Å². The highest BCUT2D eigenvalue weighted by molar-refractivity contribution is 7.92. The van der Waals surface area contributed by atoms with Crippen molar-refractivity contribution in [2.24, 2.45) is 5.10 Å². The summed E-state index contributed by atoms with van der Waals surface area (Å²) >= 11 is 0. The van der Waals surface area contributed by atoms with Gasteiger partial charge in [0.15, 0.2) is 0 Å². The molecule has 0 unspecified atom stereocenters. The van der Waals surface area contributed by atoms with Gasteiger partial charge in [-0.05, 0) is 54.6 Å². The van der Waals surface area contributed by atoms with Gasteiger partial charge < -0.3 is 10.1 Å². The number of hydrazone groups is 1. The van der Waals surface area contributed by atoms with E-state index in [1.807, 2.05) is 0 Å². The number of carbonyl (C=O) groups excluding carboxylic acids is 2. The van der Waals surface area contributed by atoms with Gasteiger partial charge in [-0.1, -0.05) is 6.07 Å². The van der Waals surface area contributed by atoms with Crippen molar-refractivity contribution in [2.45, 2.75) is 11.8 Å². The van der Waals surface area contributed by atoms with E-state index < -0.39 is 22.5 Å². The first-order valence-corrected chi connectivity index (χ1v) is 11.5. The topological polar surface area (TPSA) is 130 Å². The van der Waals surface area contributed by atoms with E-state index in [0.717, 1.165) is 4.31 Å². The molecule has 0 atom stereocenters. The van der Waals surface area contributed by atoms with Crippen LogP contribution < -0.4 is 19.8 Å². The molecular formula is C23H23N5O5S. The fourth-order valence-electron chi connectivity index (χ4n) is 2.90. The lowest BCUT2D eigenvalue weighted by Crippen LogP contribution is -2.39. The summed E-state index contributed by atoms with van der Waals surface area (Å²) < 4.78 is 33.0. The number of aromatic nitrogens is 1. The number of sulfonamides is 1. The lowest BCUT2D eigenvalue weighted by molar-refractivity contribution is -0.119. The van der Waals surface area contributed by atoms with Crippen molar-refractivity contribution in [3.63, 3.8) is 0 Å². The zero-order valence-corrected chi connectivity index (χ0v) is 19.3. The first-order chi connectivity index (χ1) is 16.3. The van der Waals surface area contributed by atoms with Crippen LogP contribution in [0.4, 0.5) is 11.4 Å². The number of hydrogen-bond acceptors (Lipinski definition) is 7. The van der Waals surface area contributed by atoms with Crippen LogP contribution in [-0.4, -0.2) is 45.1 Å². The molecule has 0 aliphatic carbocycles. The zero-order chi connectivity index (χ0) is 24.6. The van der Waals surface area contributed by atoms with Crippen LogP contribution in [0.25, 0.3) is 0 Å². The lowest BCUT2D eigenvalue weighted by Gasteiger charge is -2.24. The lowest BCUT2D eigenvalue weighted by atomic mass is 10.3. The fourth-order valence-corrected chi connectivity index (χ4v) is 4.32. The number of ether oxygens (including phenoxy) is 1. The van der Waals surface area contributed by atoms with Gasteiger partial charge in [0.1, 0.15) is 12.3 Å². The SMILES string of the molecule is COc1ccc(N(CC(=O)N/N=C\c2cccnc2)S(=O)(=O)c2ccc(NC(C)=O)cc2)cc1. The van der Waals surface area contributed by atoms with Gasteiger partial charge in [-0.2, -0.15) is 5.10 Å². The van der Waals surface area contributed by atoms with Gasteiger partial charge in [-0.15, -0.1) is 0 Å². The van der Waals surface area contributed by atoms with E-state index in [9.17, 15) is 18.0 Å². The highest BCUT2D eigenvalue weighted by Crippen LogP contribution is 2.26. The van der Waals surface area contributed by atoms with Gasteiger partial charge in [-0.3, -0.25) is 18.9 Å². The minimum Gasteiger partial charge on any atom is -0.497 e. The molecule has 0 saturated heterocycles. The Morgan fingerprint density at radius 1 is 1.09 bits per heavy atom. The summed E-state index contributed by atoms with van der Waals surface area (Å²) in [6.07, 6.45) is 4.57. The van der Waals surface area contributed by atoms with Crippen molar-refractivity contribution in [1.82, 2.24) is 10.4 Å². The molecule has 0 bridgehead atoms. The van der Waals surface area contributed by atoms with Crippen molar-refractivity contribution in [2.75, 3.05) is 23.3 Å². The van der Waals surface area contributed by atoms with E-state index in [-0.39, 0.29) is 16.5 Å². The van der Waals surface area contributed by atoms with E-state index in [0.29, 0.717) is 17.0 Å². The second-order valence-corrected chi connectivity index (χ2v) is 8.86. The summed E-state index contributed by atoms with van der Waals surface area (Å²) in [4.78, 5) is 27.7. The summed E-state index contributed by atoms with van der Waals surface area (Å²) in [5.74, 6) is -0.389. The van der Waals surface area contributed by atoms with Gasteiger partial charge in [0, 0.05) is 30.6 Å². The maximum absolute atomic E-state index is 13.4. The number of nitrogens with one attached hydrogen (secondary N) is 2. The minimum atomic E-state index is -4.13. The third kappa shape index (κ3) is 6.39. The second-order valence-electron chi connectivity index (χ2n) is 6.99. The molecule has 2 N–H and O–H groups in total. The molecular weight excluding hydrogens is 458 g/mol. The Labute approximate surface area is 197 Å². The highest BCUT2D eigenvalue weighted by Gasteiger charge is 2.27. The summed E-state index contributed by atoms with van der Waals surface area (Å²) in [7, 11) is -2.64. The van der Waals surface area contributed by atoms with Crippen LogP contribution in [0.15, 0.2) is 83.1 Å². The smallest absolute Gasteiger partial charge is 0.264 e. The van der Waals surface area contributed by atoms with Crippen LogP contribution >= 0.6 is 0 Å². The van der Waals surface area contributed by atoms with Gasteiger partial charge >= 0.3 is 0 Å². The van der Waals surface area contributed by atoms with Crippen molar-refractivity contribution in [3.05, 3.63) is 78.6 Å². The Morgan fingerprint density at radius 2 is 1.79 bits per heavy atom. The van der Waals surface area contributed by atoms with Crippen molar-refractivity contribution in [3.8, 4) is 5.75 Å². The standard InChI is InChI=1S/C23H23N5O5S/c1-17(29)26-19-5-11-22(12-6-19)34(31,32)28(20-7-9-21(33-2)10-8-20)16-23(30)27-25-15-18-4-3-13-24-14-18/h3-15H,16H2,1-2H3,(H,26,29)(H,27,30)/b25-15-.